The number of fused-ring (bicyclic) bond motifs is 1. The van der Waals surface area contributed by atoms with Crippen LogP contribution in [0.5, 0.6) is 0 Å². The summed E-state index contributed by atoms with van der Waals surface area (Å²) >= 11 is 0. The first-order valence-electron chi connectivity index (χ1n) is 6.76. The molecule has 0 spiro atoms. The Kier molecular flexibility index (Phi) is 3.60. The molecule has 0 aliphatic rings. The summed E-state index contributed by atoms with van der Waals surface area (Å²) in [5.74, 6) is -1.30. The van der Waals surface area contributed by atoms with E-state index in [1.807, 2.05) is 37.3 Å². The molecule has 6 heteroatoms. The molecular weight excluding hydrogens is 282 g/mol. The molecule has 0 aliphatic heterocycles. The van der Waals surface area contributed by atoms with Gasteiger partial charge in [0.05, 0.1) is 24.0 Å². The van der Waals surface area contributed by atoms with E-state index < -0.39 is 5.97 Å². The van der Waals surface area contributed by atoms with Crippen LogP contribution in [0, 0.1) is 6.92 Å². The van der Waals surface area contributed by atoms with Crippen LogP contribution in [-0.2, 0) is 11.3 Å². The van der Waals surface area contributed by atoms with Gasteiger partial charge in [-0.05, 0) is 12.5 Å². The highest BCUT2D eigenvalue weighted by Crippen LogP contribution is 2.28. The maximum atomic E-state index is 11.3. The molecule has 0 amide bonds. The first-order valence-corrected chi connectivity index (χ1v) is 6.76. The van der Waals surface area contributed by atoms with Crippen molar-refractivity contribution in [1.82, 2.24) is 14.6 Å². The van der Waals surface area contributed by atoms with Crippen LogP contribution in [0.1, 0.15) is 21.7 Å². The van der Waals surface area contributed by atoms with Gasteiger partial charge in [-0.1, -0.05) is 30.3 Å². The summed E-state index contributed by atoms with van der Waals surface area (Å²) < 4.78 is 6.62. The van der Waals surface area contributed by atoms with Crippen LogP contribution in [-0.4, -0.2) is 27.7 Å². The summed E-state index contributed by atoms with van der Waals surface area (Å²) in [4.78, 5) is 15.5. The zero-order valence-electron chi connectivity index (χ0n) is 12.2. The standard InChI is InChI=1S/C16H15N3O3/c1-10-14(11-6-4-3-5-7-11)15-17-8-12(16(20)21)13(9-22-2)19(15)18-10/h3-8H,9H2,1-2H3,(H,20,21)/p-1. The van der Waals surface area contributed by atoms with Crippen LogP contribution in [0.15, 0.2) is 36.5 Å². The van der Waals surface area contributed by atoms with Crippen LogP contribution in [0.4, 0.5) is 0 Å². The molecule has 0 radical (unpaired) electrons. The van der Waals surface area contributed by atoms with Crippen molar-refractivity contribution >= 4 is 11.6 Å². The number of carboxylic acid groups (broad SMARTS) is 1. The second-order valence-corrected chi connectivity index (χ2v) is 4.90. The lowest BCUT2D eigenvalue weighted by atomic mass is 10.1. The lowest BCUT2D eigenvalue weighted by molar-refractivity contribution is -0.255. The van der Waals surface area contributed by atoms with Gasteiger partial charge in [0, 0.05) is 24.4 Å². The molecule has 0 atom stereocenters. The van der Waals surface area contributed by atoms with Gasteiger partial charge in [0.25, 0.3) is 0 Å². The molecule has 0 saturated carbocycles. The molecule has 0 bridgehead atoms. The highest BCUT2D eigenvalue weighted by molar-refractivity contribution is 5.88. The molecule has 3 rings (SSSR count). The number of hydrogen-bond donors (Lipinski definition) is 0. The Morgan fingerprint density at radius 2 is 2.05 bits per heavy atom. The van der Waals surface area contributed by atoms with Gasteiger partial charge >= 0.3 is 0 Å². The number of carboxylic acids is 1. The zero-order valence-corrected chi connectivity index (χ0v) is 12.2. The number of ether oxygens (including phenoxy) is 1. The number of rotatable bonds is 4. The van der Waals surface area contributed by atoms with Crippen molar-refractivity contribution in [2.45, 2.75) is 13.5 Å². The van der Waals surface area contributed by atoms with E-state index in [0.29, 0.717) is 11.3 Å². The van der Waals surface area contributed by atoms with Crippen molar-refractivity contribution in [2.75, 3.05) is 7.11 Å². The Morgan fingerprint density at radius 3 is 2.68 bits per heavy atom. The van der Waals surface area contributed by atoms with Crippen molar-refractivity contribution in [3.8, 4) is 11.1 Å². The molecule has 0 aliphatic carbocycles. The van der Waals surface area contributed by atoms with Gasteiger partial charge in [0.2, 0.25) is 0 Å². The largest absolute Gasteiger partial charge is 0.545 e. The Balaban J connectivity index is 2.32. The van der Waals surface area contributed by atoms with Crippen LogP contribution >= 0.6 is 0 Å². The van der Waals surface area contributed by atoms with E-state index >= 15 is 0 Å². The maximum absolute atomic E-state index is 11.3. The summed E-state index contributed by atoms with van der Waals surface area (Å²) in [7, 11) is 1.50. The van der Waals surface area contributed by atoms with Crippen LogP contribution in [0.2, 0.25) is 0 Å². The van der Waals surface area contributed by atoms with Gasteiger partial charge in [-0.25, -0.2) is 9.50 Å². The minimum atomic E-state index is -1.30. The van der Waals surface area contributed by atoms with E-state index in [4.69, 9.17) is 4.74 Å². The summed E-state index contributed by atoms with van der Waals surface area (Å²) in [5.41, 5.74) is 3.62. The van der Waals surface area contributed by atoms with Crippen LogP contribution < -0.4 is 5.11 Å². The summed E-state index contributed by atoms with van der Waals surface area (Å²) in [5, 5.41) is 15.7. The number of hydrogen-bond acceptors (Lipinski definition) is 5. The lowest BCUT2D eigenvalue weighted by Gasteiger charge is -2.11. The van der Waals surface area contributed by atoms with Gasteiger partial charge < -0.3 is 14.6 Å². The van der Waals surface area contributed by atoms with Gasteiger partial charge in [-0.15, -0.1) is 0 Å². The molecular formula is C16H14N3O3-. The molecule has 2 heterocycles. The van der Waals surface area contributed by atoms with Crippen LogP contribution in [0.3, 0.4) is 0 Å². The number of carbonyl (C=O) groups is 1. The number of aromatic carboxylic acids is 1. The predicted octanol–water partition coefficient (Wildman–Crippen LogP) is 1.21. The van der Waals surface area contributed by atoms with Crippen molar-refractivity contribution in [1.29, 1.82) is 0 Å². The third kappa shape index (κ3) is 2.23. The number of nitrogens with zero attached hydrogens (tertiary/aromatic N) is 3. The molecule has 3 aromatic rings. The van der Waals surface area contributed by atoms with E-state index in [1.54, 1.807) is 0 Å². The second kappa shape index (κ2) is 5.57. The minimum Gasteiger partial charge on any atom is -0.545 e. The van der Waals surface area contributed by atoms with E-state index in [9.17, 15) is 9.90 Å². The Morgan fingerprint density at radius 1 is 1.32 bits per heavy atom. The van der Waals surface area contributed by atoms with E-state index in [2.05, 4.69) is 10.1 Å². The Bertz CT molecular complexity index is 841. The average Bonchev–Trinajstić information content (AvgIpc) is 2.85. The van der Waals surface area contributed by atoms with Crippen molar-refractivity contribution < 1.29 is 14.6 Å². The number of carbonyl (C=O) groups excluding carboxylic acids is 1. The summed E-state index contributed by atoms with van der Waals surface area (Å²) in [6, 6.07) is 9.74. The van der Waals surface area contributed by atoms with E-state index in [0.717, 1.165) is 16.8 Å². The third-order valence-electron chi connectivity index (χ3n) is 3.48. The fourth-order valence-electron chi connectivity index (χ4n) is 2.53. The highest BCUT2D eigenvalue weighted by Gasteiger charge is 2.17. The van der Waals surface area contributed by atoms with Gasteiger partial charge in [0.1, 0.15) is 0 Å². The normalized spacial score (nSPS) is 11.0. The molecule has 22 heavy (non-hydrogen) atoms. The summed E-state index contributed by atoms with van der Waals surface area (Å²) in [6.07, 6.45) is 1.30. The molecule has 6 nitrogen and oxygen atoms in total. The van der Waals surface area contributed by atoms with Crippen molar-refractivity contribution in [3.63, 3.8) is 0 Å². The molecule has 0 N–H and O–H groups in total. The first-order chi connectivity index (χ1) is 10.6. The molecule has 0 fully saturated rings. The van der Waals surface area contributed by atoms with Gasteiger partial charge in [-0.2, -0.15) is 5.10 Å². The molecule has 112 valence electrons. The minimum absolute atomic E-state index is 0.0172. The fourth-order valence-corrected chi connectivity index (χ4v) is 2.53. The van der Waals surface area contributed by atoms with Gasteiger partial charge in [0.15, 0.2) is 5.65 Å². The third-order valence-corrected chi connectivity index (χ3v) is 3.48. The monoisotopic (exact) mass is 296 g/mol. The molecule has 1 aromatic carbocycles. The van der Waals surface area contributed by atoms with E-state index in [-0.39, 0.29) is 12.2 Å². The lowest BCUT2D eigenvalue weighted by Crippen LogP contribution is -2.25. The van der Waals surface area contributed by atoms with Gasteiger partial charge in [-0.3, -0.25) is 0 Å². The smallest absolute Gasteiger partial charge is 0.163 e. The molecule has 0 unspecified atom stereocenters. The first kappa shape index (κ1) is 14.2. The average molecular weight is 296 g/mol. The SMILES string of the molecule is COCc1c(C(=O)[O-])cnc2c(-c3ccccc3)c(C)nn12. The predicted molar refractivity (Wildman–Crippen MR) is 78.2 cm³/mol. The van der Waals surface area contributed by atoms with Crippen molar-refractivity contribution in [3.05, 3.63) is 53.5 Å². The highest BCUT2D eigenvalue weighted by atomic mass is 16.5. The van der Waals surface area contributed by atoms with Crippen molar-refractivity contribution in [2.24, 2.45) is 0 Å². The Labute approximate surface area is 127 Å². The number of methoxy groups -OCH3 is 1. The molecule has 0 saturated heterocycles. The number of aryl methyl sites for hydroxylation is 1. The van der Waals surface area contributed by atoms with E-state index in [1.165, 1.54) is 17.8 Å². The number of aromatic nitrogens is 3. The number of benzene rings is 1. The van der Waals surface area contributed by atoms with Crippen LogP contribution in [0.25, 0.3) is 16.8 Å². The summed E-state index contributed by atoms with van der Waals surface area (Å²) in [6.45, 7) is 1.98. The zero-order chi connectivity index (χ0) is 15.7. The quantitative estimate of drug-likeness (QED) is 0.723. The maximum Gasteiger partial charge on any atom is 0.163 e. The molecule has 2 aromatic heterocycles. The topological polar surface area (TPSA) is 79.5 Å². The second-order valence-electron chi connectivity index (χ2n) is 4.90. The Hall–Kier alpha value is -2.73. The fraction of sp³-hybridized carbons (Fsp3) is 0.188.